The van der Waals surface area contributed by atoms with E-state index in [1.165, 1.54) is 36.0 Å². The van der Waals surface area contributed by atoms with Crippen LogP contribution < -0.4 is 5.32 Å². The summed E-state index contributed by atoms with van der Waals surface area (Å²) in [4.78, 5) is 0. The molecule has 0 heterocycles. The monoisotopic (exact) mass is 217 g/mol. The van der Waals surface area contributed by atoms with E-state index in [9.17, 15) is 0 Å². The second-order valence-corrected chi connectivity index (χ2v) is 5.43. The molecule has 1 fully saturated rings. The quantitative estimate of drug-likeness (QED) is 0.816. The Morgan fingerprint density at radius 3 is 2.69 bits per heavy atom. The van der Waals surface area contributed by atoms with Gasteiger partial charge in [0.05, 0.1) is 0 Å². The van der Waals surface area contributed by atoms with E-state index >= 15 is 0 Å². The number of aryl methyl sites for hydroxylation is 2. The first-order valence-corrected chi connectivity index (χ1v) is 6.44. The molecule has 1 heteroatoms. The highest BCUT2D eigenvalue weighted by Gasteiger charge is 2.20. The van der Waals surface area contributed by atoms with Gasteiger partial charge in [-0.2, -0.15) is 0 Å². The summed E-state index contributed by atoms with van der Waals surface area (Å²) in [6.45, 7) is 7.76. The lowest BCUT2D eigenvalue weighted by Gasteiger charge is -2.14. The summed E-state index contributed by atoms with van der Waals surface area (Å²) in [5.74, 6) is 0.914. The molecule has 1 aliphatic carbocycles. The van der Waals surface area contributed by atoms with Crippen LogP contribution in [-0.4, -0.2) is 6.04 Å². The Balaban J connectivity index is 1.89. The Hall–Kier alpha value is -0.820. The molecule has 88 valence electrons. The van der Waals surface area contributed by atoms with E-state index in [4.69, 9.17) is 0 Å². The summed E-state index contributed by atoms with van der Waals surface area (Å²) in [6, 6.07) is 7.49. The first-order valence-electron chi connectivity index (χ1n) is 6.44. The number of benzene rings is 1. The van der Waals surface area contributed by atoms with Gasteiger partial charge in [-0.05, 0) is 50.2 Å². The van der Waals surface area contributed by atoms with E-state index < -0.39 is 0 Å². The lowest BCUT2D eigenvalue weighted by molar-refractivity contribution is 0.501. The standard InChI is InChI=1S/C15H23N/c1-11-4-6-14(13(3)8-11)10-16-15-7-5-12(2)9-15/h4,6,8,12,15-16H,5,7,9-10H2,1-3H3. The Labute approximate surface area is 99.3 Å². The van der Waals surface area contributed by atoms with Crippen LogP contribution in [0.4, 0.5) is 0 Å². The Morgan fingerprint density at radius 1 is 1.25 bits per heavy atom. The zero-order valence-electron chi connectivity index (χ0n) is 10.7. The Kier molecular flexibility index (Phi) is 3.65. The van der Waals surface area contributed by atoms with Crippen LogP contribution in [0.1, 0.15) is 42.9 Å². The van der Waals surface area contributed by atoms with Crippen molar-refractivity contribution in [3.8, 4) is 0 Å². The van der Waals surface area contributed by atoms with E-state index in [1.54, 1.807) is 0 Å². The van der Waals surface area contributed by atoms with Gasteiger partial charge in [0.1, 0.15) is 0 Å². The second-order valence-electron chi connectivity index (χ2n) is 5.43. The molecular formula is C15H23N. The molecule has 0 amide bonds. The largest absolute Gasteiger partial charge is 0.310 e. The minimum absolute atomic E-state index is 0.746. The van der Waals surface area contributed by atoms with Crippen molar-refractivity contribution in [2.45, 2.75) is 52.6 Å². The van der Waals surface area contributed by atoms with Crippen LogP contribution in [0.5, 0.6) is 0 Å². The maximum Gasteiger partial charge on any atom is 0.0210 e. The molecule has 0 aliphatic heterocycles. The van der Waals surface area contributed by atoms with Gasteiger partial charge in [-0.1, -0.05) is 30.7 Å². The summed E-state index contributed by atoms with van der Waals surface area (Å²) >= 11 is 0. The molecule has 0 aromatic heterocycles. The van der Waals surface area contributed by atoms with Crippen molar-refractivity contribution in [3.05, 3.63) is 34.9 Å². The third-order valence-corrected chi connectivity index (χ3v) is 3.77. The smallest absolute Gasteiger partial charge is 0.0210 e. The van der Waals surface area contributed by atoms with E-state index in [2.05, 4.69) is 44.3 Å². The highest BCUT2D eigenvalue weighted by atomic mass is 14.9. The van der Waals surface area contributed by atoms with Crippen LogP contribution in [-0.2, 0) is 6.54 Å². The summed E-state index contributed by atoms with van der Waals surface area (Å²) in [5.41, 5.74) is 4.22. The van der Waals surface area contributed by atoms with Crippen molar-refractivity contribution in [3.63, 3.8) is 0 Å². The van der Waals surface area contributed by atoms with Crippen LogP contribution in [0.15, 0.2) is 18.2 Å². The van der Waals surface area contributed by atoms with Crippen molar-refractivity contribution < 1.29 is 0 Å². The van der Waals surface area contributed by atoms with Crippen LogP contribution >= 0.6 is 0 Å². The molecule has 0 spiro atoms. The van der Waals surface area contributed by atoms with Gasteiger partial charge in [0.2, 0.25) is 0 Å². The predicted octanol–water partition coefficient (Wildman–Crippen LogP) is 3.58. The Bertz CT molecular complexity index is 356. The van der Waals surface area contributed by atoms with Gasteiger partial charge in [-0.25, -0.2) is 0 Å². The van der Waals surface area contributed by atoms with Crippen LogP contribution in [0.25, 0.3) is 0 Å². The average molecular weight is 217 g/mol. The van der Waals surface area contributed by atoms with Crippen molar-refractivity contribution in [1.82, 2.24) is 5.32 Å². The fourth-order valence-electron chi connectivity index (χ4n) is 2.69. The normalized spacial score (nSPS) is 24.9. The lowest BCUT2D eigenvalue weighted by Crippen LogP contribution is -2.26. The summed E-state index contributed by atoms with van der Waals surface area (Å²) in [5, 5.41) is 3.69. The summed E-state index contributed by atoms with van der Waals surface area (Å²) in [6.07, 6.45) is 4.10. The van der Waals surface area contributed by atoms with Crippen molar-refractivity contribution >= 4 is 0 Å². The van der Waals surface area contributed by atoms with Gasteiger partial charge in [-0.3, -0.25) is 0 Å². The molecule has 1 saturated carbocycles. The molecule has 1 N–H and O–H groups in total. The third-order valence-electron chi connectivity index (χ3n) is 3.77. The van der Waals surface area contributed by atoms with Crippen LogP contribution in [0.3, 0.4) is 0 Å². The molecule has 0 bridgehead atoms. The van der Waals surface area contributed by atoms with Gasteiger partial charge in [0, 0.05) is 12.6 Å². The molecule has 1 nitrogen and oxygen atoms in total. The highest BCUT2D eigenvalue weighted by molar-refractivity contribution is 5.30. The van der Waals surface area contributed by atoms with Gasteiger partial charge >= 0.3 is 0 Å². The number of nitrogens with one attached hydrogen (secondary N) is 1. The second kappa shape index (κ2) is 5.01. The van der Waals surface area contributed by atoms with Gasteiger partial charge in [0.15, 0.2) is 0 Å². The van der Waals surface area contributed by atoms with Crippen molar-refractivity contribution in [1.29, 1.82) is 0 Å². The topological polar surface area (TPSA) is 12.0 Å². The van der Waals surface area contributed by atoms with Crippen molar-refractivity contribution in [2.24, 2.45) is 5.92 Å². The maximum atomic E-state index is 3.69. The zero-order valence-corrected chi connectivity index (χ0v) is 10.7. The third kappa shape index (κ3) is 2.85. The van der Waals surface area contributed by atoms with Crippen LogP contribution in [0, 0.1) is 19.8 Å². The molecule has 2 rings (SSSR count). The fraction of sp³-hybridized carbons (Fsp3) is 0.600. The first kappa shape index (κ1) is 11.7. The number of hydrogen-bond donors (Lipinski definition) is 1. The molecule has 1 aromatic carbocycles. The predicted molar refractivity (Wildman–Crippen MR) is 69.6 cm³/mol. The molecule has 0 saturated heterocycles. The van der Waals surface area contributed by atoms with Gasteiger partial charge < -0.3 is 5.32 Å². The maximum absolute atomic E-state index is 3.69. The van der Waals surface area contributed by atoms with E-state index in [0.717, 1.165) is 18.5 Å². The number of hydrogen-bond acceptors (Lipinski definition) is 1. The Morgan fingerprint density at radius 2 is 2.06 bits per heavy atom. The zero-order chi connectivity index (χ0) is 11.5. The van der Waals surface area contributed by atoms with Gasteiger partial charge in [0.25, 0.3) is 0 Å². The highest BCUT2D eigenvalue weighted by Crippen LogP contribution is 2.25. The summed E-state index contributed by atoms with van der Waals surface area (Å²) < 4.78 is 0. The lowest BCUT2D eigenvalue weighted by atomic mass is 10.1. The minimum Gasteiger partial charge on any atom is -0.310 e. The fourth-order valence-corrected chi connectivity index (χ4v) is 2.69. The summed E-state index contributed by atoms with van der Waals surface area (Å²) in [7, 11) is 0. The van der Waals surface area contributed by atoms with Gasteiger partial charge in [-0.15, -0.1) is 0 Å². The van der Waals surface area contributed by atoms with E-state index in [1.807, 2.05) is 0 Å². The molecular weight excluding hydrogens is 194 g/mol. The van der Waals surface area contributed by atoms with E-state index in [-0.39, 0.29) is 0 Å². The molecule has 1 aliphatic rings. The molecule has 1 aromatic rings. The number of rotatable bonds is 3. The van der Waals surface area contributed by atoms with E-state index in [0.29, 0.717) is 0 Å². The van der Waals surface area contributed by atoms with Crippen LogP contribution in [0.2, 0.25) is 0 Å². The van der Waals surface area contributed by atoms with Crippen molar-refractivity contribution in [2.75, 3.05) is 0 Å². The molecule has 16 heavy (non-hydrogen) atoms. The first-order chi connectivity index (χ1) is 7.65. The SMILES string of the molecule is Cc1ccc(CNC2CCC(C)C2)c(C)c1. The molecule has 2 atom stereocenters. The minimum atomic E-state index is 0.746. The average Bonchev–Trinajstić information content (AvgIpc) is 2.63. The molecule has 2 unspecified atom stereocenters. The molecule has 0 radical (unpaired) electrons.